The summed E-state index contributed by atoms with van der Waals surface area (Å²) in [6, 6.07) is 2.19. The molecule has 0 aromatic rings. The summed E-state index contributed by atoms with van der Waals surface area (Å²) >= 11 is 0. The summed E-state index contributed by atoms with van der Waals surface area (Å²) in [6.45, 7) is 8.44. The van der Waals surface area contributed by atoms with Crippen LogP contribution in [0.4, 0.5) is 0 Å². The largest absolute Gasteiger partial charge is 0.341 e. The first-order valence-corrected chi connectivity index (χ1v) is 6.90. The van der Waals surface area contributed by atoms with Crippen LogP contribution < -0.4 is 5.32 Å². The topological polar surface area (TPSA) is 56.1 Å². The molecule has 0 radical (unpaired) electrons. The molecule has 102 valence electrons. The van der Waals surface area contributed by atoms with Gasteiger partial charge in [-0.25, -0.2) is 0 Å². The third kappa shape index (κ3) is 4.66. The third-order valence-electron chi connectivity index (χ3n) is 3.52. The minimum Gasteiger partial charge on any atom is -0.341 e. The third-order valence-corrected chi connectivity index (χ3v) is 3.52. The number of carbonyl (C=O) groups excluding carboxylic acids is 1. The Morgan fingerprint density at radius 3 is 2.61 bits per heavy atom. The van der Waals surface area contributed by atoms with E-state index < -0.39 is 0 Å². The van der Waals surface area contributed by atoms with Crippen LogP contribution in [0.3, 0.4) is 0 Å². The first-order chi connectivity index (χ1) is 8.46. The number of nitrogens with zero attached hydrogens (tertiary/aromatic N) is 2. The Morgan fingerprint density at radius 2 is 2.06 bits per heavy atom. The number of likely N-dealkylation sites (tertiary alicyclic amines) is 1. The minimum absolute atomic E-state index is 0.103. The number of carbonyl (C=O) groups is 1. The molecule has 0 spiro atoms. The average Bonchev–Trinajstić information content (AvgIpc) is 2.87. The molecule has 1 aliphatic rings. The molecule has 1 rings (SSSR count). The number of nitriles is 1. The average molecular weight is 251 g/mol. The van der Waals surface area contributed by atoms with Crippen LogP contribution in [-0.2, 0) is 4.79 Å². The molecule has 1 amide bonds. The van der Waals surface area contributed by atoms with E-state index in [9.17, 15) is 4.79 Å². The van der Waals surface area contributed by atoms with Gasteiger partial charge in [-0.15, -0.1) is 0 Å². The maximum Gasteiger partial charge on any atom is 0.239 e. The second-order valence-electron chi connectivity index (χ2n) is 5.81. The van der Waals surface area contributed by atoms with E-state index in [-0.39, 0.29) is 17.4 Å². The maximum atomic E-state index is 12.0. The van der Waals surface area contributed by atoms with E-state index in [0.717, 1.165) is 45.3 Å². The number of nitrogens with one attached hydrogen (secondary N) is 1. The van der Waals surface area contributed by atoms with Crippen LogP contribution in [-0.4, -0.2) is 36.5 Å². The monoisotopic (exact) mass is 251 g/mol. The Kier molecular flexibility index (Phi) is 5.61. The van der Waals surface area contributed by atoms with Crippen LogP contribution in [0.1, 0.15) is 46.5 Å². The van der Waals surface area contributed by atoms with E-state index >= 15 is 0 Å². The van der Waals surface area contributed by atoms with Gasteiger partial charge in [0.25, 0.3) is 0 Å². The lowest BCUT2D eigenvalue weighted by Crippen LogP contribution is -2.44. The molecular weight excluding hydrogens is 226 g/mol. The first kappa shape index (κ1) is 15.0. The molecule has 0 aromatic carbocycles. The van der Waals surface area contributed by atoms with Gasteiger partial charge in [-0.05, 0) is 53.0 Å². The normalized spacial score (nSPS) is 17.6. The standard InChI is InChI=1S/C14H25N3O/c1-12(13(18)17-9-4-5-10-17)16-8-6-7-14(2,3)11-15/h12,16H,4-10H2,1-3H3. The van der Waals surface area contributed by atoms with Gasteiger partial charge >= 0.3 is 0 Å². The zero-order valence-electron chi connectivity index (χ0n) is 11.8. The van der Waals surface area contributed by atoms with Gasteiger partial charge < -0.3 is 10.2 Å². The molecule has 0 bridgehead atoms. The van der Waals surface area contributed by atoms with Crippen LogP contribution in [0.25, 0.3) is 0 Å². The molecule has 0 aliphatic carbocycles. The second-order valence-corrected chi connectivity index (χ2v) is 5.81. The summed E-state index contributed by atoms with van der Waals surface area (Å²) in [5, 5.41) is 12.2. The molecule has 4 nitrogen and oxygen atoms in total. The molecule has 1 unspecified atom stereocenters. The van der Waals surface area contributed by atoms with Gasteiger partial charge in [0.05, 0.1) is 17.5 Å². The zero-order chi connectivity index (χ0) is 13.6. The SMILES string of the molecule is CC(NCCCC(C)(C)C#N)C(=O)N1CCCC1. The fourth-order valence-electron chi connectivity index (χ4n) is 2.20. The highest BCUT2D eigenvalue weighted by atomic mass is 16.2. The molecule has 0 aromatic heterocycles. The first-order valence-electron chi connectivity index (χ1n) is 6.90. The minimum atomic E-state index is -0.260. The Labute approximate surface area is 110 Å². The number of rotatable bonds is 6. The van der Waals surface area contributed by atoms with Gasteiger partial charge in [0.1, 0.15) is 0 Å². The smallest absolute Gasteiger partial charge is 0.239 e. The summed E-state index contributed by atoms with van der Waals surface area (Å²) in [5.74, 6) is 0.215. The Bertz CT molecular complexity index is 313. The van der Waals surface area contributed by atoms with Gasteiger partial charge in [-0.3, -0.25) is 4.79 Å². The van der Waals surface area contributed by atoms with Crippen LogP contribution in [0.2, 0.25) is 0 Å². The van der Waals surface area contributed by atoms with Gasteiger partial charge in [0.15, 0.2) is 0 Å². The highest BCUT2D eigenvalue weighted by Gasteiger charge is 2.23. The Hall–Kier alpha value is -1.08. The fourth-order valence-corrected chi connectivity index (χ4v) is 2.20. The van der Waals surface area contributed by atoms with Crippen molar-refractivity contribution in [1.29, 1.82) is 5.26 Å². The second kappa shape index (κ2) is 6.75. The van der Waals surface area contributed by atoms with Crippen molar-refractivity contribution >= 4 is 5.91 Å². The molecule has 1 atom stereocenters. The van der Waals surface area contributed by atoms with Crippen molar-refractivity contribution < 1.29 is 4.79 Å². The van der Waals surface area contributed by atoms with Crippen LogP contribution >= 0.6 is 0 Å². The predicted molar refractivity (Wildman–Crippen MR) is 71.9 cm³/mol. The Morgan fingerprint density at radius 1 is 1.44 bits per heavy atom. The molecule has 18 heavy (non-hydrogen) atoms. The van der Waals surface area contributed by atoms with E-state index in [0.29, 0.717) is 0 Å². The van der Waals surface area contributed by atoms with Gasteiger partial charge in [-0.2, -0.15) is 5.26 Å². The summed E-state index contributed by atoms with van der Waals surface area (Å²) < 4.78 is 0. The highest BCUT2D eigenvalue weighted by Crippen LogP contribution is 2.20. The predicted octanol–water partition coefficient (Wildman–Crippen LogP) is 1.92. The summed E-state index contributed by atoms with van der Waals surface area (Å²) in [5.41, 5.74) is -0.260. The molecule has 1 N–H and O–H groups in total. The van der Waals surface area contributed by atoms with Crippen molar-refractivity contribution in [2.24, 2.45) is 5.41 Å². The summed E-state index contributed by atoms with van der Waals surface area (Å²) in [4.78, 5) is 13.9. The van der Waals surface area contributed by atoms with Crippen LogP contribution in [0.5, 0.6) is 0 Å². The molecular formula is C14H25N3O. The van der Waals surface area contributed by atoms with Crippen molar-refractivity contribution in [3.63, 3.8) is 0 Å². The molecule has 1 fully saturated rings. The van der Waals surface area contributed by atoms with Crippen molar-refractivity contribution in [2.45, 2.75) is 52.5 Å². The molecule has 0 saturated carbocycles. The van der Waals surface area contributed by atoms with Crippen molar-refractivity contribution in [2.75, 3.05) is 19.6 Å². The zero-order valence-corrected chi connectivity index (χ0v) is 11.8. The van der Waals surface area contributed by atoms with E-state index in [1.165, 1.54) is 0 Å². The highest BCUT2D eigenvalue weighted by molar-refractivity contribution is 5.81. The van der Waals surface area contributed by atoms with E-state index in [2.05, 4.69) is 11.4 Å². The quantitative estimate of drug-likeness (QED) is 0.734. The number of amides is 1. The van der Waals surface area contributed by atoms with Crippen molar-refractivity contribution in [1.82, 2.24) is 10.2 Å². The Balaban J connectivity index is 2.19. The number of hydrogen-bond donors (Lipinski definition) is 1. The van der Waals surface area contributed by atoms with Gasteiger partial charge in [0.2, 0.25) is 5.91 Å². The molecule has 4 heteroatoms. The molecule has 1 aliphatic heterocycles. The summed E-state index contributed by atoms with van der Waals surface area (Å²) in [6.07, 6.45) is 4.06. The fraction of sp³-hybridized carbons (Fsp3) is 0.857. The van der Waals surface area contributed by atoms with Crippen LogP contribution in [0.15, 0.2) is 0 Å². The molecule has 1 heterocycles. The lowest BCUT2D eigenvalue weighted by atomic mass is 9.90. The van der Waals surface area contributed by atoms with E-state index in [4.69, 9.17) is 5.26 Å². The lowest BCUT2D eigenvalue weighted by Gasteiger charge is -2.22. The maximum absolute atomic E-state index is 12.0. The van der Waals surface area contributed by atoms with Crippen molar-refractivity contribution in [3.05, 3.63) is 0 Å². The lowest BCUT2D eigenvalue weighted by molar-refractivity contribution is -0.131. The summed E-state index contributed by atoms with van der Waals surface area (Å²) in [7, 11) is 0. The van der Waals surface area contributed by atoms with E-state index in [1.807, 2.05) is 25.7 Å². The molecule has 1 saturated heterocycles. The van der Waals surface area contributed by atoms with Crippen LogP contribution in [0, 0.1) is 16.7 Å². The van der Waals surface area contributed by atoms with Crippen molar-refractivity contribution in [3.8, 4) is 6.07 Å². The van der Waals surface area contributed by atoms with Gasteiger partial charge in [0, 0.05) is 13.1 Å². The van der Waals surface area contributed by atoms with E-state index in [1.54, 1.807) is 0 Å². The number of hydrogen-bond acceptors (Lipinski definition) is 3. The van der Waals surface area contributed by atoms with Gasteiger partial charge in [-0.1, -0.05) is 0 Å².